The lowest BCUT2D eigenvalue weighted by Gasteiger charge is -2.40. The zero-order valence-corrected chi connectivity index (χ0v) is 6.39. The van der Waals surface area contributed by atoms with Gasteiger partial charge in [0.25, 0.3) is 0 Å². The average molecular weight is 139 g/mol. The standard InChI is InChI=1S/C8H13NO/c1-2-8(4-3-5-9)6-10-7-8/h2-4,6-7H2,1H3. The molecular formula is C8H13NO. The van der Waals surface area contributed by atoms with Gasteiger partial charge in [-0.2, -0.15) is 5.26 Å². The summed E-state index contributed by atoms with van der Waals surface area (Å²) in [6.07, 6.45) is 2.84. The monoisotopic (exact) mass is 139 g/mol. The van der Waals surface area contributed by atoms with Gasteiger partial charge in [-0.1, -0.05) is 6.92 Å². The third-order valence-corrected chi connectivity index (χ3v) is 2.33. The van der Waals surface area contributed by atoms with E-state index in [1.165, 1.54) is 0 Å². The Hall–Kier alpha value is -0.550. The highest BCUT2D eigenvalue weighted by molar-refractivity contribution is 4.87. The van der Waals surface area contributed by atoms with E-state index in [2.05, 4.69) is 13.0 Å². The van der Waals surface area contributed by atoms with Crippen LogP contribution >= 0.6 is 0 Å². The summed E-state index contributed by atoms with van der Waals surface area (Å²) in [5.74, 6) is 0. The van der Waals surface area contributed by atoms with Gasteiger partial charge in [-0.3, -0.25) is 0 Å². The lowest BCUT2D eigenvalue weighted by Crippen LogP contribution is -2.41. The lowest BCUT2D eigenvalue weighted by molar-refractivity contribution is -0.118. The molecule has 0 spiro atoms. The molecule has 0 atom stereocenters. The van der Waals surface area contributed by atoms with Crippen LogP contribution in [0.3, 0.4) is 0 Å². The summed E-state index contributed by atoms with van der Waals surface area (Å²) in [6.45, 7) is 3.90. The van der Waals surface area contributed by atoms with Crippen molar-refractivity contribution in [1.29, 1.82) is 5.26 Å². The Balaban J connectivity index is 2.28. The van der Waals surface area contributed by atoms with Crippen LogP contribution in [0, 0.1) is 16.7 Å². The molecule has 56 valence electrons. The fourth-order valence-electron chi connectivity index (χ4n) is 1.24. The van der Waals surface area contributed by atoms with Gasteiger partial charge in [0.15, 0.2) is 0 Å². The highest BCUT2D eigenvalue weighted by atomic mass is 16.5. The molecule has 1 aliphatic heterocycles. The average Bonchev–Trinajstić information content (AvgIpc) is 1.87. The van der Waals surface area contributed by atoms with E-state index in [1.54, 1.807) is 0 Å². The molecule has 0 saturated carbocycles. The van der Waals surface area contributed by atoms with E-state index in [4.69, 9.17) is 10.00 Å². The maximum Gasteiger partial charge on any atom is 0.0621 e. The van der Waals surface area contributed by atoms with E-state index in [9.17, 15) is 0 Å². The van der Waals surface area contributed by atoms with Gasteiger partial charge in [-0.15, -0.1) is 0 Å². The fraction of sp³-hybridized carbons (Fsp3) is 0.875. The topological polar surface area (TPSA) is 33.0 Å². The largest absolute Gasteiger partial charge is 0.380 e. The Morgan fingerprint density at radius 2 is 2.30 bits per heavy atom. The van der Waals surface area contributed by atoms with Crippen LogP contribution in [0.5, 0.6) is 0 Å². The van der Waals surface area contributed by atoms with Gasteiger partial charge in [0.05, 0.1) is 19.3 Å². The summed E-state index contributed by atoms with van der Waals surface area (Å²) >= 11 is 0. The van der Waals surface area contributed by atoms with Crippen molar-refractivity contribution in [3.63, 3.8) is 0 Å². The van der Waals surface area contributed by atoms with Crippen LogP contribution < -0.4 is 0 Å². The molecule has 1 fully saturated rings. The molecule has 0 bridgehead atoms. The molecule has 2 nitrogen and oxygen atoms in total. The highest BCUT2D eigenvalue weighted by Gasteiger charge is 2.35. The first kappa shape index (κ1) is 7.56. The lowest BCUT2D eigenvalue weighted by atomic mass is 9.79. The summed E-state index contributed by atoms with van der Waals surface area (Å²) in [7, 11) is 0. The van der Waals surface area contributed by atoms with Crippen molar-refractivity contribution in [3.8, 4) is 6.07 Å². The number of nitrogens with zero attached hydrogens (tertiary/aromatic N) is 1. The number of rotatable bonds is 3. The molecule has 0 radical (unpaired) electrons. The zero-order valence-electron chi connectivity index (χ0n) is 6.39. The molecule has 0 unspecified atom stereocenters. The van der Waals surface area contributed by atoms with Crippen LogP contribution in [0.4, 0.5) is 0 Å². The van der Waals surface area contributed by atoms with Crippen LogP contribution in [-0.2, 0) is 4.74 Å². The van der Waals surface area contributed by atoms with Crippen molar-refractivity contribution in [2.75, 3.05) is 13.2 Å². The van der Waals surface area contributed by atoms with Gasteiger partial charge in [0.1, 0.15) is 0 Å². The predicted octanol–water partition coefficient (Wildman–Crippen LogP) is 1.72. The Morgan fingerprint density at radius 3 is 2.60 bits per heavy atom. The van der Waals surface area contributed by atoms with Gasteiger partial charge < -0.3 is 4.74 Å². The molecule has 1 saturated heterocycles. The summed E-state index contributed by atoms with van der Waals surface area (Å²) in [4.78, 5) is 0. The first-order valence-electron chi connectivity index (χ1n) is 3.78. The molecule has 2 heteroatoms. The second kappa shape index (κ2) is 3.03. The van der Waals surface area contributed by atoms with Crippen molar-refractivity contribution in [3.05, 3.63) is 0 Å². The second-order valence-electron chi connectivity index (χ2n) is 3.00. The minimum Gasteiger partial charge on any atom is -0.380 e. The molecule has 0 aliphatic carbocycles. The van der Waals surface area contributed by atoms with Crippen molar-refractivity contribution in [1.82, 2.24) is 0 Å². The molecule has 0 aromatic heterocycles. The van der Waals surface area contributed by atoms with Crippen LogP contribution in [0.1, 0.15) is 26.2 Å². The van der Waals surface area contributed by atoms with Crippen LogP contribution in [0.2, 0.25) is 0 Å². The van der Waals surface area contributed by atoms with Gasteiger partial charge in [0, 0.05) is 11.8 Å². The van der Waals surface area contributed by atoms with Gasteiger partial charge in [-0.25, -0.2) is 0 Å². The summed E-state index contributed by atoms with van der Waals surface area (Å²) in [6, 6.07) is 2.17. The predicted molar refractivity (Wildman–Crippen MR) is 38.4 cm³/mol. The third-order valence-electron chi connectivity index (χ3n) is 2.33. The highest BCUT2D eigenvalue weighted by Crippen LogP contribution is 2.35. The molecule has 1 rings (SSSR count). The minimum absolute atomic E-state index is 0.371. The summed E-state index contributed by atoms with van der Waals surface area (Å²) in [5, 5.41) is 8.35. The van der Waals surface area contributed by atoms with Crippen LogP contribution in [0.25, 0.3) is 0 Å². The molecule has 0 N–H and O–H groups in total. The van der Waals surface area contributed by atoms with Crippen molar-refractivity contribution < 1.29 is 4.74 Å². The second-order valence-corrected chi connectivity index (χ2v) is 3.00. The number of ether oxygens (including phenoxy) is 1. The molecule has 10 heavy (non-hydrogen) atoms. The number of nitriles is 1. The molecule has 1 aliphatic rings. The summed E-state index contributed by atoms with van der Waals surface area (Å²) in [5.41, 5.74) is 0.371. The fourth-order valence-corrected chi connectivity index (χ4v) is 1.24. The Labute approximate surface area is 61.8 Å². The number of hydrogen-bond acceptors (Lipinski definition) is 2. The zero-order chi connectivity index (χ0) is 7.45. The normalized spacial score (nSPS) is 21.2. The van der Waals surface area contributed by atoms with Crippen molar-refractivity contribution in [2.24, 2.45) is 5.41 Å². The molecule has 0 amide bonds. The molecular weight excluding hydrogens is 126 g/mol. The van der Waals surface area contributed by atoms with E-state index in [0.717, 1.165) is 26.1 Å². The van der Waals surface area contributed by atoms with E-state index >= 15 is 0 Å². The van der Waals surface area contributed by atoms with Crippen LogP contribution in [0.15, 0.2) is 0 Å². The SMILES string of the molecule is CCC1(CCC#N)COC1. The molecule has 0 aromatic rings. The van der Waals surface area contributed by atoms with Crippen molar-refractivity contribution >= 4 is 0 Å². The quantitative estimate of drug-likeness (QED) is 0.596. The third kappa shape index (κ3) is 1.30. The molecule has 1 heterocycles. The van der Waals surface area contributed by atoms with E-state index < -0.39 is 0 Å². The van der Waals surface area contributed by atoms with E-state index in [1.807, 2.05) is 0 Å². The van der Waals surface area contributed by atoms with E-state index in [-0.39, 0.29) is 0 Å². The Morgan fingerprint density at radius 1 is 1.60 bits per heavy atom. The van der Waals surface area contributed by atoms with Gasteiger partial charge in [-0.05, 0) is 12.8 Å². The minimum atomic E-state index is 0.371. The summed E-state index contributed by atoms with van der Waals surface area (Å²) < 4.78 is 5.12. The Kier molecular flexibility index (Phi) is 2.29. The molecule has 0 aromatic carbocycles. The van der Waals surface area contributed by atoms with Gasteiger partial charge >= 0.3 is 0 Å². The Bertz CT molecular complexity index is 138. The van der Waals surface area contributed by atoms with Crippen LogP contribution in [-0.4, -0.2) is 13.2 Å². The van der Waals surface area contributed by atoms with Crippen molar-refractivity contribution in [2.45, 2.75) is 26.2 Å². The first-order valence-corrected chi connectivity index (χ1v) is 3.78. The number of hydrogen-bond donors (Lipinski definition) is 0. The van der Waals surface area contributed by atoms with Gasteiger partial charge in [0.2, 0.25) is 0 Å². The first-order chi connectivity index (χ1) is 4.83. The smallest absolute Gasteiger partial charge is 0.0621 e. The van der Waals surface area contributed by atoms with E-state index in [0.29, 0.717) is 11.8 Å². The maximum atomic E-state index is 8.35. The maximum absolute atomic E-state index is 8.35.